The average Bonchev–Trinajstić information content (AvgIpc) is 3.05. The third-order valence-electron chi connectivity index (χ3n) is 5.49. The predicted octanol–water partition coefficient (Wildman–Crippen LogP) is 2.84. The Kier molecular flexibility index (Phi) is 8.84. The fraction of sp³-hybridized carbons (Fsp3) is 0.522. The normalized spacial score (nSPS) is 17.9. The van der Waals surface area contributed by atoms with E-state index >= 15 is 0 Å². The van der Waals surface area contributed by atoms with E-state index in [2.05, 4.69) is 21.1 Å². The van der Waals surface area contributed by atoms with Crippen LogP contribution >= 0.6 is 0 Å². The Bertz CT molecular complexity index is 985. The largest absolute Gasteiger partial charge is 0.456 e. The minimum atomic E-state index is -3.52. The first-order valence-corrected chi connectivity index (χ1v) is 12.7. The Morgan fingerprint density at radius 3 is 2.78 bits per heavy atom. The molecule has 3 rings (SSSR count). The molecule has 2 aliphatic rings. The fourth-order valence-corrected chi connectivity index (χ4v) is 5.01. The number of carbonyl (C=O) groups is 2. The SMILES string of the molecule is O=C(COC(=O)CCCCCN=C1NS(=O)(=O)c2ccccc21)NCCC1=CCCCC1. The molecule has 0 bridgehead atoms. The van der Waals surface area contributed by atoms with Crippen LogP contribution in [0, 0.1) is 0 Å². The van der Waals surface area contributed by atoms with Gasteiger partial charge in [0.25, 0.3) is 15.9 Å². The number of benzene rings is 1. The smallest absolute Gasteiger partial charge is 0.306 e. The molecule has 0 saturated carbocycles. The molecule has 1 aliphatic carbocycles. The van der Waals surface area contributed by atoms with Crippen molar-refractivity contribution in [2.75, 3.05) is 19.7 Å². The molecule has 1 aliphatic heterocycles. The number of hydrogen-bond acceptors (Lipinski definition) is 6. The molecule has 174 valence electrons. The summed E-state index contributed by atoms with van der Waals surface area (Å²) >= 11 is 0. The highest BCUT2D eigenvalue weighted by Crippen LogP contribution is 2.22. The van der Waals surface area contributed by atoms with Crippen LogP contribution in [0.4, 0.5) is 0 Å². The summed E-state index contributed by atoms with van der Waals surface area (Å²) in [5.41, 5.74) is 1.98. The van der Waals surface area contributed by atoms with Crippen molar-refractivity contribution in [3.63, 3.8) is 0 Å². The Morgan fingerprint density at radius 1 is 1.12 bits per heavy atom. The van der Waals surface area contributed by atoms with E-state index < -0.39 is 10.0 Å². The first-order chi connectivity index (χ1) is 15.5. The fourth-order valence-electron chi connectivity index (χ4n) is 3.76. The maximum atomic E-state index is 12.0. The van der Waals surface area contributed by atoms with Gasteiger partial charge in [0.05, 0.1) is 4.90 Å². The number of unbranched alkanes of at least 4 members (excludes halogenated alkanes) is 2. The topological polar surface area (TPSA) is 114 Å². The molecule has 1 aromatic carbocycles. The van der Waals surface area contributed by atoms with E-state index in [0.29, 0.717) is 30.9 Å². The quantitative estimate of drug-likeness (QED) is 0.299. The van der Waals surface area contributed by atoms with Gasteiger partial charge in [-0.15, -0.1) is 0 Å². The Hall–Kier alpha value is -2.68. The molecule has 32 heavy (non-hydrogen) atoms. The molecule has 1 aromatic rings. The Balaban J connectivity index is 1.25. The maximum Gasteiger partial charge on any atom is 0.306 e. The number of amides is 1. The van der Waals surface area contributed by atoms with Gasteiger partial charge in [-0.1, -0.05) is 30.2 Å². The number of carbonyl (C=O) groups excluding carboxylic acids is 2. The van der Waals surface area contributed by atoms with Crippen molar-refractivity contribution in [1.82, 2.24) is 10.0 Å². The van der Waals surface area contributed by atoms with Gasteiger partial charge in [0.1, 0.15) is 5.84 Å². The molecule has 0 spiro atoms. The molecule has 2 N–H and O–H groups in total. The highest BCUT2D eigenvalue weighted by molar-refractivity contribution is 7.90. The monoisotopic (exact) mass is 461 g/mol. The van der Waals surface area contributed by atoms with E-state index in [0.717, 1.165) is 32.1 Å². The van der Waals surface area contributed by atoms with Crippen molar-refractivity contribution < 1.29 is 22.7 Å². The van der Waals surface area contributed by atoms with Crippen LogP contribution in [-0.2, 0) is 24.3 Å². The number of fused-ring (bicyclic) bond motifs is 1. The van der Waals surface area contributed by atoms with Crippen LogP contribution in [0.1, 0.15) is 63.4 Å². The molecule has 0 unspecified atom stereocenters. The van der Waals surface area contributed by atoms with E-state index in [1.807, 2.05) is 0 Å². The highest BCUT2D eigenvalue weighted by Gasteiger charge is 2.29. The first kappa shape index (κ1) is 24.0. The number of nitrogens with one attached hydrogen (secondary N) is 2. The summed E-state index contributed by atoms with van der Waals surface area (Å²) in [7, 11) is -3.52. The van der Waals surface area contributed by atoms with Gasteiger partial charge < -0.3 is 10.1 Å². The summed E-state index contributed by atoms with van der Waals surface area (Å²) in [6, 6.07) is 6.74. The molecule has 9 heteroatoms. The average molecular weight is 462 g/mol. The predicted molar refractivity (Wildman–Crippen MR) is 122 cm³/mol. The van der Waals surface area contributed by atoms with Crippen LogP contribution in [0.3, 0.4) is 0 Å². The van der Waals surface area contributed by atoms with Gasteiger partial charge in [0.15, 0.2) is 6.61 Å². The summed E-state index contributed by atoms with van der Waals surface area (Å²) in [5.74, 6) is -0.297. The van der Waals surface area contributed by atoms with E-state index in [1.165, 1.54) is 18.4 Å². The summed E-state index contributed by atoms with van der Waals surface area (Å²) in [6.07, 6.45) is 10.2. The number of nitrogens with zero attached hydrogens (tertiary/aromatic N) is 1. The van der Waals surface area contributed by atoms with Crippen molar-refractivity contribution in [1.29, 1.82) is 0 Å². The van der Waals surface area contributed by atoms with Crippen molar-refractivity contribution in [3.8, 4) is 0 Å². The zero-order valence-corrected chi connectivity index (χ0v) is 19.1. The van der Waals surface area contributed by atoms with Crippen molar-refractivity contribution in [2.45, 2.75) is 62.7 Å². The second kappa shape index (κ2) is 11.8. The summed E-state index contributed by atoms with van der Waals surface area (Å²) in [6.45, 7) is 0.788. The molecule has 8 nitrogen and oxygen atoms in total. The minimum Gasteiger partial charge on any atom is -0.456 e. The lowest BCUT2D eigenvalue weighted by Crippen LogP contribution is -2.29. The van der Waals surface area contributed by atoms with Crippen LogP contribution in [0.25, 0.3) is 0 Å². The molecule has 0 atom stereocenters. The Labute approximate surface area is 189 Å². The number of hydrogen-bond donors (Lipinski definition) is 2. The molecule has 0 radical (unpaired) electrons. The van der Waals surface area contributed by atoms with Gasteiger partial charge in [-0.3, -0.25) is 19.3 Å². The summed E-state index contributed by atoms with van der Waals surface area (Å²) < 4.78 is 31.6. The molecule has 0 aromatic heterocycles. The van der Waals surface area contributed by atoms with E-state index in [9.17, 15) is 18.0 Å². The lowest BCUT2D eigenvalue weighted by Gasteiger charge is -2.13. The van der Waals surface area contributed by atoms with Crippen molar-refractivity contribution >= 4 is 27.7 Å². The van der Waals surface area contributed by atoms with E-state index in [1.54, 1.807) is 24.3 Å². The summed E-state index contributed by atoms with van der Waals surface area (Å²) in [4.78, 5) is 28.2. The lowest BCUT2D eigenvalue weighted by molar-refractivity contribution is -0.148. The van der Waals surface area contributed by atoms with Crippen molar-refractivity contribution in [3.05, 3.63) is 41.5 Å². The zero-order valence-electron chi connectivity index (χ0n) is 18.3. The number of allylic oxidation sites excluding steroid dienone is 1. The highest BCUT2D eigenvalue weighted by atomic mass is 32.2. The van der Waals surface area contributed by atoms with E-state index in [-0.39, 0.29) is 29.8 Å². The number of esters is 1. The third-order valence-corrected chi connectivity index (χ3v) is 6.89. The second-order valence-corrected chi connectivity index (χ2v) is 9.66. The number of aliphatic imine (C=N–C) groups is 1. The molecular weight excluding hydrogens is 430 g/mol. The molecule has 1 amide bonds. The van der Waals surface area contributed by atoms with Gasteiger partial charge >= 0.3 is 5.97 Å². The zero-order chi connectivity index (χ0) is 22.8. The molecular formula is C23H31N3O5S. The van der Waals surface area contributed by atoms with Gasteiger partial charge in [0.2, 0.25) is 0 Å². The molecule has 1 heterocycles. The van der Waals surface area contributed by atoms with Gasteiger partial charge in [-0.05, 0) is 57.1 Å². The number of ether oxygens (including phenoxy) is 1. The van der Waals surface area contributed by atoms with Crippen LogP contribution in [-0.4, -0.2) is 45.8 Å². The van der Waals surface area contributed by atoms with Crippen molar-refractivity contribution in [2.24, 2.45) is 4.99 Å². The number of rotatable bonds is 11. The minimum absolute atomic E-state index is 0.242. The van der Waals surface area contributed by atoms with Crippen LogP contribution in [0.15, 0.2) is 45.8 Å². The standard InChI is InChI=1S/C23H31N3O5S/c27-21(24-16-14-18-9-3-1-4-10-18)17-31-22(28)13-5-2-8-15-25-23-19-11-6-7-12-20(19)32(29,30)26-23/h6-7,9,11-12H,1-5,8,10,13-17H2,(H,24,27)(H,25,26). The first-order valence-electron chi connectivity index (χ1n) is 11.2. The number of amidine groups is 1. The second-order valence-electron chi connectivity index (χ2n) is 8.01. The van der Waals surface area contributed by atoms with Crippen LogP contribution in [0.5, 0.6) is 0 Å². The maximum absolute atomic E-state index is 12.0. The van der Waals surface area contributed by atoms with Gasteiger partial charge in [0, 0.05) is 25.1 Å². The van der Waals surface area contributed by atoms with Gasteiger partial charge in [-0.25, -0.2) is 8.42 Å². The number of sulfonamides is 1. The van der Waals surface area contributed by atoms with Crippen LogP contribution < -0.4 is 10.0 Å². The summed E-state index contributed by atoms with van der Waals surface area (Å²) in [5, 5.41) is 2.79. The van der Waals surface area contributed by atoms with Gasteiger partial charge in [-0.2, -0.15) is 0 Å². The van der Waals surface area contributed by atoms with Crippen LogP contribution in [0.2, 0.25) is 0 Å². The third kappa shape index (κ3) is 7.19. The molecule has 0 fully saturated rings. The Morgan fingerprint density at radius 2 is 1.97 bits per heavy atom. The lowest BCUT2D eigenvalue weighted by atomic mass is 9.97. The molecule has 0 saturated heterocycles. The van der Waals surface area contributed by atoms with E-state index in [4.69, 9.17) is 4.74 Å².